The molecule has 1 aliphatic rings. The van der Waals surface area contributed by atoms with Crippen molar-refractivity contribution in [2.45, 2.75) is 42.2 Å². The molecule has 3 rings (SSSR count). The number of carbonyl (C=O) groups excluding carboxylic acids is 1. The van der Waals surface area contributed by atoms with E-state index >= 15 is 0 Å². The number of hydrogen-bond donors (Lipinski definition) is 2. The molecule has 7 nitrogen and oxygen atoms in total. The standard InChI is InChI=1S/C21H20FN5O2S/c1-2-15-16(9-23)20(27-6-5-14(28)11-27)26-21(17(15)10-24)30-18-8-13(22)4-3-12(18)7-19(25)29/h3-4,8,14,28H,2,5-7,11H2,1H3,(H2,25,29)/t14-/m0/s1. The number of aliphatic hydroxyl groups is 1. The first-order valence-corrected chi connectivity index (χ1v) is 10.2. The second-order valence-corrected chi connectivity index (χ2v) is 7.96. The molecule has 1 saturated heterocycles. The minimum absolute atomic E-state index is 0.0768. The number of nitrogens with two attached hydrogens (primary N) is 1. The second-order valence-electron chi connectivity index (χ2n) is 6.93. The van der Waals surface area contributed by atoms with E-state index in [9.17, 15) is 24.8 Å². The van der Waals surface area contributed by atoms with Gasteiger partial charge in [-0.25, -0.2) is 9.37 Å². The predicted octanol–water partition coefficient (Wildman–Crippen LogP) is 2.28. The summed E-state index contributed by atoms with van der Waals surface area (Å²) < 4.78 is 13.9. The van der Waals surface area contributed by atoms with E-state index in [-0.39, 0.29) is 12.0 Å². The summed E-state index contributed by atoms with van der Waals surface area (Å²) in [6.07, 6.45) is 0.402. The number of nitriles is 2. The summed E-state index contributed by atoms with van der Waals surface area (Å²) in [5.41, 5.74) is 6.95. The van der Waals surface area contributed by atoms with Crippen LogP contribution in [0.1, 0.15) is 35.6 Å². The quantitative estimate of drug-likeness (QED) is 0.727. The van der Waals surface area contributed by atoms with Crippen LogP contribution in [0, 0.1) is 28.5 Å². The average Bonchev–Trinajstić information content (AvgIpc) is 3.14. The average molecular weight is 425 g/mol. The number of primary amides is 1. The molecule has 0 aliphatic carbocycles. The molecule has 1 fully saturated rings. The van der Waals surface area contributed by atoms with Crippen LogP contribution in [0.25, 0.3) is 0 Å². The van der Waals surface area contributed by atoms with Crippen LogP contribution in [0.5, 0.6) is 0 Å². The van der Waals surface area contributed by atoms with Gasteiger partial charge in [-0.1, -0.05) is 24.8 Å². The predicted molar refractivity (Wildman–Crippen MR) is 109 cm³/mol. The van der Waals surface area contributed by atoms with Gasteiger partial charge in [0.2, 0.25) is 5.91 Å². The van der Waals surface area contributed by atoms with Gasteiger partial charge in [-0.05, 0) is 36.1 Å². The van der Waals surface area contributed by atoms with Crippen LogP contribution in [0.2, 0.25) is 0 Å². The lowest BCUT2D eigenvalue weighted by Crippen LogP contribution is -2.24. The molecule has 1 atom stereocenters. The molecule has 9 heteroatoms. The Bertz CT molecular complexity index is 1080. The van der Waals surface area contributed by atoms with Gasteiger partial charge >= 0.3 is 0 Å². The summed E-state index contributed by atoms with van der Waals surface area (Å²) in [5, 5.41) is 29.8. The first-order valence-electron chi connectivity index (χ1n) is 9.42. The zero-order valence-electron chi connectivity index (χ0n) is 16.4. The fourth-order valence-corrected chi connectivity index (χ4v) is 4.54. The maximum absolute atomic E-state index is 13.9. The number of benzene rings is 1. The highest BCUT2D eigenvalue weighted by atomic mass is 32.2. The molecule has 1 aromatic carbocycles. The minimum atomic E-state index is -0.558. The van der Waals surface area contributed by atoms with Gasteiger partial charge in [0.05, 0.1) is 23.7 Å². The highest BCUT2D eigenvalue weighted by Crippen LogP contribution is 2.38. The molecule has 1 aliphatic heterocycles. The van der Waals surface area contributed by atoms with E-state index in [1.807, 2.05) is 11.8 Å². The van der Waals surface area contributed by atoms with Crippen LogP contribution < -0.4 is 10.6 Å². The SMILES string of the molecule is CCc1c(C#N)c(Sc2cc(F)ccc2CC(N)=O)nc(N2CC[C@H](O)C2)c1C#N. The molecule has 3 N–H and O–H groups in total. The molecule has 1 amide bonds. The lowest BCUT2D eigenvalue weighted by molar-refractivity contribution is -0.117. The smallest absolute Gasteiger partial charge is 0.221 e. The van der Waals surface area contributed by atoms with Crippen molar-refractivity contribution in [3.8, 4) is 12.1 Å². The Labute approximate surface area is 177 Å². The van der Waals surface area contributed by atoms with E-state index in [0.717, 1.165) is 11.8 Å². The monoisotopic (exact) mass is 425 g/mol. The van der Waals surface area contributed by atoms with Crippen LogP contribution in [-0.2, 0) is 17.6 Å². The summed E-state index contributed by atoms with van der Waals surface area (Å²) in [5.74, 6) is -0.644. The molecule has 2 aromatic rings. The third-order valence-electron chi connectivity index (χ3n) is 4.89. The summed E-state index contributed by atoms with van der Waals surface area (Å²) in [7, 11) is 0. The van der Waals surface area contributed by atoms with E-state index < -0.39 is 17.8 Å². The van der Waals surface area contributed by atoms with Gasteiger partial charge in [-0.3, -0.25) is 4.79 Å². The maximum atomic E-state index is 13.9. The highest BCUT2D eigenvalue weighted by Gasteiger charge is 2.28. The number of carbonyl (C=O) groups is 1. The maximum Gasteiger partial charge on any atom is 0.221 e. The number of aromatic nitrogens is 1. The molecule has 0 unspecified atom stereocenters. The van der Waals surface area contributed by atoms with E-state index in [2.05, 4.69) is 17.1 Å². The Kier molecular flexibility index (Phi) is 6.56. The van der Waals surface area contributed by atoms with Gasteiger partial charge in [0.15, 0.2) is 0 Å². The highest BCUT2D eigenvalue weighted by molar-refractivity contribution is 7.99. The Morgan fingerprint density at radius 1 is 1.40 bits per heavy atom. The fraction of sp³-hybridized carbons (Fsp3) is 0.333. The molecule has 1 aromatic heterocycles. The number of amides is 1. The number of halogens is 1. The van der Waals surface area contributed by atoms with Crippen molar-refractivity contribution < 1.29 is 14.3 Å². The van der Waals surface area contributed by atoms with Crippen molar-refractivity contribution in [2.24, 2.45) is 5.73 Å². The molecule has 0 radical (unpaired) electrons. The van der Waals surface area contributed by atoms with Gasteiger partial charge < -0.3 is 15.7 Å². The summed E-state index contributed by atoms with van der Waals surface area (Å²) in [4.78, 5) is 18.2. The van der Waals surface area contributed by atoms with Crippen molar-refractivity contribution in [3.05, 3.63) is 46.3 Å². The number of pyridine rings is 1. The molecule has 0 saturated carbocycles. The number of anilines is 1. The third-order valence-corrected chi connectivity index (χ3v) is 5.98. The normalized spacial score (nSPS) is 15.6. The number of hydrogen-bond acceptors (Lipinski definition) is 7. The van der Waals surface area contributed by atoms with Crippen molar-refractivity contribution in [1.29, 1.82) is 10.5 Å². The molecule has 0 bridgehead atoms. The van der Waals surface area contributed by atoms with Gasteiger partial charge in [0.25, 0.3) is 0 Å². The lowest BCUT2D eigenvalue weighted by atomic mass is 10.0. The van der Waals surface area contributed by atoms with Crippen LogP contribution >= 0.6 is 11.8 Å². The molecular formula is C21H20FN5O2S. The second kappa shape index (κ2) is 9.12. The van der Waals surface area contributed by atoms with Crippen molar-refractivity contribution in [3.63, 3.8) is 0 Å². The zero-order chi connectivity index (χ0) is 21.8. The van der Waals surface area contributed by atoms with Crippen LogP contribution in [0.3, 0.4) is 0 Å². The zero-order valence-corrected chi connectivity index (χ0v) is 17.2. The summed E-state index contributed by atoms with van der Waals surface area (Å²) >= 11 is 1.06. The van der Waals surface area contributed by atoms with Crippen LogP contribution in [0.4, 0.5) is 10.2 Å². The largest absolute Gasteiger partial charge is 0.391 e. The molecular weight excluding hydrogens is 405 g/mol. The number of aliphatic hydroxyl groups excluding tert-OH is 1. The van der Waals surface area contributed by atoms with Crippen molar-refractivity contribution in [2.75, 3.05) is 18.0 Å². The first-order chi connectivity index (χ1) is 14.4. The Morgan fingerprint density at radius 3 is 2.70 bits per heavy atom. The Morgan fingerprint density at radius 2 is 2.13 bits per heavy atom. The fourth-order valence-electron chi connectivity index (χ4n) is 3.48. The molecule has 154 valence electrons. The van der Waals surface area contributed by atoms with Gasteiger partial charge in [-0.2, -0.15) is 10.5 Å². The van der Waals surface area contributed by atoms with Crippen LogP contribution in [-0.4, -0.2) is 35.2 Å². The van der Waals surface area contributed by atoms with E-state index in [4.69, 9.17) is 5.73 Å². The van der Waals surface area contributed by atoms with Gasteiger partial charge in [0.1, 0.15) is 28.8 Å². The molecule has 30 heavy (non-hydrogen) atoms. The topological polar surface area (TPSA) is 127 Å². The number of rotatable bonds is 6. The van der Waals surface area contributed by atoms with Crippen molar-refractivity contribution >= 4 is 23.5 Å². The van der Waals surface area contributed by atoms with Gasteiger partial charge in [0, 0.05) is 18.0 Å². The van der Waals surface area contributed by atoms with E-state index in [0.29, 0.717) is 58.4 Å². The Hall–Kier alpha value is -3.14. The van der Waals surface area contributed by atoms with Crippen LogP contribution in [0.15, 0.2) is 28.1 Å². The lowest BCUT2D eigenvalue weighted by Gasteiger charge is -2.22. The van der Waals surface area contributed by atoms with Gasteiger partial charge in [-0.15, -0.1) is 0 Å². The van der Waals surface area contributed by atoms with Crippen molar-refractivity contribution in [1.82, 2.24) is 4.98 Å². The molecule has 0 spiro atoms. The first kappa shape index (κ1) is 21.6. The molecule has 2 heterocycles. The van der Waals surface area contributed by atoms with E-state index in [1.165, 1.54) is 18.2 Å². The Balaban J connectivity index is 2.16. The third kappa shape index (κ3) is 4.38. The minimum Gasteiger partial charge on any atom is -0.391 e. The van der Waals surface area contributed by atoms with E-state index in [1.54, 1.807) is 0 Å². The number of nitrogens with zero attached hydrogens (tertiary/aromatic N) is 4. The summed E-state index contributed by atoms with van der Waals surface area (Å²) in [6, 6.07) is 8.28. The number of β-amino-alcohol motifs (C(OH)–C–C–N with tert-alkyl or cyclic N) is 1. The summed E-state index contributed by atoms with van der Waals surface area (Å²) in [6.45, 7) is 2.72.